The van der Waals surface area contributed by atoms with Gasteiger partial charge in [0, 0.05) is 32.6 Å². The molecule has 9 heteroatoms. The van der Waals surface area contributed by atoms with Crippen LogP contribution in [-0.4, -0.2) is 50.3 Å². The van der Waals surface area contributed by atoms with Crippen LogP contribution >= 0.6 is 11.6 Å². The quantitative estimate of drug-likeness (QED) is 0.617. The van der Waals surface area contributed by atoms with Crippen molar-refractivity contribution in [2.24, 2.45) is 5.92 Å². The third kappa shape index (κ3) is 5.56. The first-order chi connectivity index (χ1) is 14.7. The van der Waals surface area contributed by atoms with Crippen LogP contribution < -0.4 is 4.74 Å². The van der Waals surface area contributed by atoms with Gasteiger partial charge >= 0.3 is 0 Å². The zero-order valence-corrected chi connectivity index (χ0v) is 19.1. The van der Waals surface area contributed by atoms with Crippen LogP contribution in [0, 0.1) is 11.7 Å². The molecule has 0 atom stereocenters. The molecule has 0 bridgehead atoms. The Balaban J connectivity index is 1.58. The van der Waals surface area contributed by atoms with Crippen LogP contribution in [0.5, 0.6) is 5.75 Å². The standard InChI is InChI=1S/C22H26ClFN2O4S/c1-3-30-18-6-4-16(5-7-18)15-25(2)22(27)17-10-12-26(13-11-17)31(28,29)19-8-9-21(24)20(23)14-19/h4-9,14,17H,3,10-13,15H2,1-2H3. The van der Waals surface area contributed by atoms with Gasteiger partial charge in [-0.3, -0.25) is 4.79 Å². The molecule has 0 N–H and O–H groups in total. The van der Waals surface area contributed by atoms with Gasteiger partial charge in [0.15, 0.2) is 0 Å². The Kier molecular flexibility index (Phi) is 7.56. The van der Waals surface area contributed by atoms with Crippen molar-refractivity contribution in [2.75, 3.05) is 26.7 Å². The highest BCUT2D eigenvalue weighted by molar-refractivity contribution is 7.89. The summed E-state index contributed by atoms with van der Waals surface area (Å²) in [4.78, 5) is 14.5. The molecule has 0 aromatic heterocycles. The Hall–Kier alpha value is -2.16. The molecule has 0 saturated carbocycles. The lowest BCUT2D eigenvalue weighted by atomic mass is 9.96. The zero-order chi connectivity index (χ0) is 22.6. The maximum Gasteiger partial charge on any atom is 0.243 e. The molecule has 1 aliphatic rings. The van der Waals surface area contributed by atoms with E-state index in [1.807, 2.05) is 31.2 Å². The number of amides is 1. The van der Waals surface area contributed by atoms with Gasteiger partial charge in [-0.2, -0.15) is 4.31 Å². The minimum absolute atomic E-state index is 0.00393. The molecule has 2 aromatic rings. The Bertz CT molecular complexity index is 1020. The zero-order valence-electron chi connectivity index (χ0n) is 17.6. The van der Waals surface area contributed by atoms with Crippen molar-refractivity contribution in [3.05, 3.63) is 58.9 Å². The summed E-state index contributed by atoms with van der Waals surface area (Å²) in [6.45, 7) is 3.44. The first-order valence-electron chi connectivity index (χ1n) is 10.1. The average molecular weight is 469 g/mol. The number of hydrogen-bond acceptors (Lipinski definition) is 4. The maximum atomic E-state index is 13.4. The Morgan fingerprint density at radius 2 is 1.84 bits per heavy atom. The summed E-state index contributed by atoms with van der Waals surface area (Å²) >= 11 is 5.73. The number of sulfonamides is 1. The summed E-state index contributed by atoms with van der Waals surface area (Å²) in [5.74, 6) is -0.122. The highest BCUT2D eigenvalue weighted by atomic mass is 35.5. The number of ether oxygens (including phenoxy) is 1. The summed E-state index contributed by atoms with van der Waals surface area (Å²) in [7, 11) is -2.03. The molecule has 1 amide bonds. The smallest absolute Gasteiger partial charge is 0.243 e. The molecule has 2 aromatic carbocycles. The first kappa shape index (κ1) is 23.5. The highest BCUT2D eigenvalue weighted by Crippen LogP contribution is 2.27. The van der Waals surface area contributed by atoms with E-state index in [2.05, 4.69) is 0 Å². The summed E-state index contributed by atoms with van der Waals surface area (Å²) in [5.41, 5.74) is 0.993. The van der Waals surface area contributed by atoms with E-state index < -0.39 is 15.8 Å². The fraction of sp³-hybridized carbons (Fsp3) is 0.409. The normalized spacial score (nSPS) is 15.6. The van der Waals surface area contributed by atoms with E-state index in [-0.39, 0.29) is 34.8 Å². The molecular formula is C22H26ClFN2O4S. The van der Waals surface area contributed by atoms with Gasteiger partial charge in [-0.05, 0) is 55.7 Å². The first-order valence-corrected chi connectivity index (χ1v) is 12.0. The fourth-order valence-corrected chi connectivity index (χ4v) is 5.39. The van der Waals surface area contributed by atoms with E-state index in [4.69, 9.17) is 16.3 Å². The molecule has 31 heavy (non-hydrogen) atoms. The molecule has 1 saturated heterocycles. The van der Waals surface area contributed by atoms with Gasteiger partial charge in [-0.15, -0.1) is 0 Å². The van der Waals surface area contributed by atoms with Gasteiger partial charge in [0.05, 0.1) is 16.5 Å². The van der Waals surface area contributed by atoms with Crippen LogP contribution in [0.25, 0.3) is 0 Å². The number of hydrogen-bond donors (Lipinski definition) is 0. The number of benzene rings is 2. The van der Waals surface area contributed by atoms with E-state index in [0.29, 0.717) is 26.0 Å². The van der Waals surface area contributed by atoms with E-state index in [0.717, 1.165) is 23.4 Å². The molecule has 3 rings (SSSR count). The molecule has 1 aliphatic heterocycles. The second kappa shape index (κ2) is 9.97. The molecule has 0 spiro atoms. The van der Waals surface area contributed by atoms with Crippen molar-refractivity contribution >= 4 is 27.5 Å². The molecule has 1 fully saturated rings. The molecule has 0 aliphatic carbocycles. The van der Waals surface area contributed by atoms with E-state index in [1.54, 1.807) is 11.9 Å². The summed E-state index contributed by atoms with van der Waals surface area (Å²) in [6.07, 6.45) is 0.862. The van der Waals surface area contributed by atoms with Gasteiger partial charge < -0.3 is 9.64 Å². The van der Waals surface area contributed by atoms with E-state index in [9.17, 15) is 17.6 Å². The van der Waals surface area contributed by atoms with Crippen LogP contribution in [0.3, 0.4) is 0 Å². The predicted octanol–water partition coefficient (Wildman–Crippen LogP) is 3.94. The van der Waals surface area contributed by atoms with E-state index >= 15 is 0 Å². The Morgan fingerprint density at radius 3 is 2.42 bits per heavy atom. The number of nitrogens with zero attached hydrogens (tertiary/aromatic N) is 2. The average Bonchev–Trinajstić information content (AvgIpc) is 2.76. The number of rotatable bonds is 7. The fourth-order valence-electron chi connectivity index (χ4n) is 3.65. The van der Waals surface area contributed by atoms with Crippen molar-refractivity contribution in [3.8, 4) is 5.75 Å². The van der Waals surface area contributed by atoms with Crippen LogP contribution in [0.1, 0.15) is 25.3 Å². The predicted molar refractivity (Wildman–Crippen MR) is 117 cm³/mol. The minimum atomic E-state index is -3.78. The lowest BCUT2D eigenvalue weighted by Gasteiger charge is -2.32. The van der Waals surface area contributed by atoms with Crippen LogP contribution in [0.4, 0.5) is 4.39 Å². The number of piperidine rings is 1. The monoisotopic (exact) mass is 468 g/mol. The number of carbonyl (C=O) groups is 1. The number of carbonyl (C=O) groups excluding carboxylic acids is 1. The van der Waals surface area contributed by atoms with Crippen molar-refractivity contribution in [3.63, 3.8) is 0 Å². The largest absolute Gasteiger partial charge is 0.494 e. The minimum Gasteiger partial charge on any atom is -0.494 e. The van der Waals surface area contributed by atoms with Crippen LogP contribution in [0.15, 0.2) is 47.4 Å². The molecule has 1 heterocycles. The molecule has 0 radical (unpaired) electrons. The second-order valence-corrected chi connectivity index (χ2v) is 9.87. The molecule has 0 unspecified atom stereocenters. The second-order valence-electron chi connectivity index (χ2n) is 7.53. The topological polar surface area (TPSA) is 66.9 Å². The van der Waals surface area contributed by atoms with Gasteiger partial charge in [0.1, 0.15) is 11.6 Å². The molecular weight excluding hydrogens is 443 g/mol. The van der Waals surface area contributed by atoms with Gasteiger partial charge in [0.25, 0.3) is 0 Å². The maximum absolute atomic E-state index is 13.4. The Labute approximate surface area is 187 Å². The molecule has 168 valence electrons. The van der Waals surface area contributed by atoms with Gasteiger partial charge in [-0.25, -0.2) is 12.8 Å². The summed E-state index contributed by atoms with van der Waals surface area (Å²) in [5, 5.41) is -0.234. The third-order valence-electron chi connectivity index (χ3n) is 5.36. The van der Waals surface area contributed by atoms with Gasteiger partial charge in [-0.1, -0.05) is 23.7 Å². The highest BCUT2D eigenvalue weighted by Gasteiger charge is 2.33. The third-order valence-corrected chi connectivity index (χ3v) is 7.55. The number of halogens is 2. The SMILES string of the molecule is CCOc1ccc(CN(C)C(=O)C2CCN(S(=O)(=O)c3ccc(F)c(Cl)c3)CC2)cc1. The van der Waals surface area contributed by atoms with E-state index in [1.165, 1.54) is 10.4 Å². The van der Waals surface area contributed by atoms with Crippen molar-refractivity contribution < 1.29 is 22.3 Å². The summed E-state index contributed by atoms with van der Waals surface area (Å²) in [6, 6.07) is 11.0. The van der Waals surface area contributed by atoms with Crippen molar-refractivity contribution in [1.82, 2.24) is 9.21 Å². The lowest BCUT2D eigenvalue weighted by Crippen LogP contribution is -2.43. The summed E-state index contributed by atoms with van der Waals surface area (Å²) < 4.78 is 45.8. The van der Waals surface area contributed by atoms with Crippen molar-refractivity contribution in [1.29, 1.82) is 0 Å². The molecule has 6 nitrogen and oxygen atoms in total. The lowest BCUT2D eigenvalue weighted by molar-refractivity contribution is -0.135. The van der Waals surface area contributed by atoms with Crippen LogP contribution in [-0.2, 0) is 21.4 Å². The van der Waals surface area contributed by atoms with Crippen LogP contribution in [0.2, 0.25) is 5.02 Å². The van der Waals surface area contributed by atoms with Gasteiger partial charge in [0.2, 0.25) is 15.9 Å². The Morgan fingerprint density at radius 1 is 1.19 bits per heavy atom. The van der Waals surface area contributed by atoms with Crippen molar-refractivity contribution in [2.45, 2.75) is 31.2 Å².